The number of carboxylic acids is 1. The molecule has 0 heterocycles. The third kappa shape index (κ3) is 5.53. The van der Waals surface area contributed by atoms with Gasteiger partial charge in [0.25, 0.3) is 0 Å². The number of hydrogen-bond donors (Lipinski definition) is 1. The molecule has 4 nitrogen and oxygen atoms in total. The summed E-state index contributed by atoms with van der Waals surface area (Å²) in [6.07, 6.45) is 2.73. The molecular weight excluding hydrogens is 261 g/mol. The maximum atomic E-state index is 13.4. The van der Waals surface area contributed by atoms with E-state index < -0.39 is 17.2 Å². The molecule has 0 aromatic heterocycles. The molecule has 0 spiro atoms. The molecule has 0 bridgehead atoms. The molecule has 0 aliphatic heterocycles. The first-order valence-electron chi connectivity index (χ1n) is 6.08. The van der Waals surface area contributed by atoms with Gasteiger partial charge in [0.2, 0.25) is 0 Å². The van der Waals surface area contributed by atoms with E-state index in [-0.39, 0.29) is 6.61 Å². The van der Waals surface area contributed by atoms with Gasteiger partial charge in [0.05, 0.1) is 18.1 Å². The number of benzene rings is 1. The van der Waals surface area contributed by atoms with E-state index >= 15 is 0 Å². The predicted molar refractivity (Wildman–Crippen MR) is 72.6 cm³/mol. The Balaban J connectivity index is 2.72. The number of hydrogen-bond acceptors (Lipinski definition) is 3. The summed E-state index contributed by atoms with van der Waals surface area (Å²) in [5.74, 6) is -1.30. The number of carbonyl (C=O) groups is 1. The molecule has 0 atom stereocenters. The normalized spacial score (nSPS) is 11.3. The minimum atomic E-state index is -1.10. The van der Waals surface area contributed by atoms with Gasteiger partial charge in [0.1, 0.15) is 11.6 Å². The van der Waals surface area contributed by atoms with Crippen molar-refractivity contribution in [3.05, 3.63) is 35.7 Å². The van der Waals surface area contributed by atoms with Crippen molar-refractivity contribution in [1.29, 1.82) is 5.26 Å². The minimum Gasteiger partial charge on any atom is -0.493 e. The molecular formula is C15H16FNO3. The van der Waals surface area contributed by atoms with Crippen molar-refractivity contribution < 1.29 is 19.0 Å². The number of ether oxygens (including phenoxy) is 1. The Morgan fingerprint density at radius 1 is 1.50 bits per heavy atom. The van der Waals surface area contributed by atoms with E-state index in [1.165, 1.54) is 18.2 Å². The van der Waals surface area contributed by atoms with E-state index in [0.29, 0.717) is 17.7 Å². The highest BCUT2D eigenvalue weighted by atomic mass is 19.1. The standard InChI is InChI=1S/C15H16FNO3/c1-15(2,10-17)5-6-20-13-8-11(3-4-14(18)19)7-12(16)9-13/h3-4,7-9H,5-6H2,1-2H3,(H,18,19)/b4-3+. The zero-order valence-corrected chi connectivity index (χ0v) is 11.4. The van der Waals surface area contributed by atoms with Crippen LogP contribution in [0.3, 0.4) is 0 Å². The topological polar surface area (TPSA) is 70.3 Å². The molecule has 0 fully saturated rings. The Morgan fingerprint density at radius 3 is 2.80 bits per heavy atom. The van der Waals surface area contributed by atoms with Crippen molar-refractivity contribution in [2.24, 2.45) is 5.41 Å². The van der Waals surface area contributed by atoms with Crippen LogP contribution in [-0.4, -0.2) is 17.7 Å². The Labute approximate surface area is 117 Å². The summed E-state index contributed by atoms with van der Waals surface area (Å²) < 4.78 is 18.8. The third-order valence-electron chi connectivity index (χ3n) is 2.61. The second kappa shape index (κ2) is 6.71. The molecule has 1 rings (SSSR count). The maximum absolute atomic E-state index is 13.4. The summed E-state index contributed by atoms with van der Waals surface area (Å²) in [5, 5.41) is 17.4. The van der Waals surface area contributed by atoms with Crippen molar-refractivity contribution in [2.75, 3.05) is 6.61 Å². The largest absolute Gasteiger partial charge is 0.493 e. The van der Waals surface area contributed by atoms with Crippen LogP contribution in [0.2, 0.25) is 0 Å². The molecule has 0 unspecified atom stereocenters. The number of rotatable bonds is 6. The second-order valence-electron chi connectivity index (χ2n) is 4.99. The van der Waals surface area contributed by atoms with Gasteiger partial charge in [-0.1, -0.05) is 0 Å². The van der Waals surface area contributed by atoms with E-state index in [4.69, 9.17) is 15.1 Å². The zero-order valence-electron chi connectivity index (χ0n) is 11.4. The predicted octanol–water partition coefficient (Wildman–Crippen LogP) is 3.24. The molecule has 0 aliphatic carbocycles. The quantitative estimate of drug-likeness (QED) is 0.810. The van der Waals surface area contributed by atoms with Crippen LogP contribution >= 0.6 is 0 Å². The number of aliphatic carboxylic acids is 1. The monoisotopic (exact) mass is 277 g/mol. The average molecular weight is 277 g/mol. The lowest BCUT2D eigenvalue weighted by Crippen LogP contribution is -2.13. The summed E-state index contributed by atoms with van der Waals surface area (Å²) in [4.78, 5) is 10.4. The summed E-state index contributed by atoms with van der Waals surface area (Å²) in [6, 6.07) is 6.13. The fraction of sp³-hybridized carbons (Fsp3) is 0.333. The van der Waals surface area contributed by atoms with Crippen molar-refractivity contribution in [3.8, 4) is 11.8 Å². The fourth-order valence-electron chi connectivity index (χ4n) is 1.41. The number of nitriles is 1. The average Bonchev–Trinajstić information content (AvgIpc) is 2.35. The van der Waals surface area contributed by atoms with Crippen LogP contribution in [0.4, 0.5) is 4.39 Å². The van der Waals surface area contributed by atoms with Crippen molar-refractivity contribution in [1.82, 2.24) is 0 Å². The Kier molecular flexibility index (Phi) is 5.27. The smallest absolute Gasteiger partial charge is 0.328 e. The molecule has 1 N–H and O–H groups in total. The Bertz CT molecular complexity index is 559. The van der Waals surface area contributed by atoms with Crippen molar-refractivity contribution in [3.63, 3.8) is 0 Å². The molecule has 0 saturated heterocycles. The molecule has 1 aromatic carbocycles. The van der Waals surface area contributed by atoms with Gasteiger partial charge in [-0.15, -0.1) is 0 Å². The van der Waals surface area contributed by atoms with Crippen LogP contribution in [-0.2, 0) is 4.79 Å². The molecule has 0 amide bonds. The number of nitrogens with zero attached hydrogens (tertiary/aromatic N) is 1. The minimum absolute atomic E-state index is 0.284. The highest BCUT2D eigenvalue weighted by Crippen LogP contribution is 2.21. The van der Waals surface area contributed by atoms with Gasteiger partial charge >= 0.3 is 5.97 Å². The van der Waals surface area contributed by atoms with Gasteiger partial charge in [0.15, 0.2) is 0 Å². The van der Waals surface area contributed by atoms with Crippen molar-refractivity contribution >= 4 is 12.0 Å². The molecule has 0 radical (unpaired) electrons. The van der Waals surface area contributed by atoms with E-state index in [0.717, 1.165) is 6.08 Å². The Morgan fingerprint density at radius 2 is 2.20 bits per heavy atom. The van der Waals surface area contributed by atoms with Gasteiger partial charge in [-0.25, -0.2) is 9.18 Å². The molecule has 0 aliphatic rings. The first kappa shape index (κ1) is 15.7. The third-order valence-corrected chi connectivity index (χ3v) is 2.61. The zero-order chi connectivity index (χ0) is 15.2. The molecule has 0 saturated carbocycles. The Hall–Kier alpha value is -2.35. The van der Waals surface area contributed by atoms with Crippen molar-refractivity contribution in [2.45, 2.75) is 20.3 Å². The van der Waals surface area contributed by atoms with E-state index in [1.54, 1.807) is 19.9 Å². The van der Waals surface area contributed by atoms with Gasteiger partial charge < -0.3 is 9.84 Å². The lowest BCUT2D eigenvalue weighted by molar-refractivity contribution is -0.131. The van der Waals surface area contributed by atoms with Gasteiger partial charge in [-0.05, 0) is 44.0 Å². The van der Waals surface area contributed by atoms with Crippen LogP contribution < -0.4 is 4.74 Å². The summed E-state index contributed by atoms with van der Waals surface area (Å²) >= 11 is 0. The van der Waals surface area contributed by atoms with Crippen LogP contribution in [0.5, 0.6) is 5.75 Å². The first-order chi connectivity index (χ1) is 9.32. The number of carboxylic acid groups (broad SMARTS) is 1. The van der Waals surface area contributed by atoms with Crippen LogP contribution in [0.1, 0.15) is 25.8 Å². The summed E-state index contributed by atoms with van der Waals surface area (Å²) in [5.41, 5.74) is -0.0961. The van der Waals surface area contributed by atoms with Crippen LogP contribution in [0.15, 0.2) is 24.3 Å². The number of halogens is 1. The maximum Gasteiger partial charge on any atom is 0.328 e. The second-order valence-corrected chi connectivity index (χ2v) is 4.99. The summed E-state index contributed by atoms with van der Waals surface area (Å²) in [6.45, 7) is 3.87. The van der Waals surface area contributed by atoms with Crippen LogP contribution in [0.25, 0.3) is 6.08 Å². The highest BCUT2D eigenvalue weighted by molar-refractivity contribution is 5.85. The molecule has 5 heteroatoms. The van der Waals surface area contributed by atoms with Crippen LogP contribution in [0, 0.1) is 22.6 Å². The van der Waals surface area contributed by atoms with Gasteiger partial charge in [0, 0.05) is 12.1 Å². The first-order valence-corrected chi connectivity index (χ1v) is 6.08. The SMILES string of the molecule is CC(C)(C#N)CCOc1cc(F)cc(/C=C/C(=O)O)c1. The summed E-state index contributed by atoms with van der Waals surface area (Å²) in [7, 11) is 0. The molecule has 20 heavy (non-hydrogen) atoms. The van der Waals surface area contributed by atoms with Gasteiger partial charge in [-0.2, -0.15) is 5.26 Å². The van der Waals surface area contributed by atoms with E-state index in [1.807, 2.05) is 0 Å². The lowest BCUT2D eigenvalue weighted by atomic mass is 9.92. The lowest BCUT2D eigenvalue weighted by Gasteiger charge is -2.15. The van der Waals surface area contributed by atoms with Gasteiger partial charge in [-0.3, -0.25) is 0 Å². The van der Waals surface area contributed by atoms with E-state index in [2.05, 4.69) is 6.07 Å². The molecule has 1 aromatic rings. The fourth-order valence-corrected chi connectivity index (χ4v) is 1.41. The molecule has 106 valence electrons. The van der Waals surface area contributed by atoms with E-state index in [9.17, 15) is 9.18 Å². The highest BCUT2D eigenvalue weighted by Gasteiger charge is 2.16.